The number of rotatable bonds is 4. The summed E-state index contributed by atoms with van der Waals surface area (Å²) in [6.07, 6.45) is 7.06. The number of carbonyl (C=O) groups excluding carboxylic acids is 2. The van der Waals surface area contributed by atoms with Crippen LogP contribution in [-0.2, 0) is 20.7 Å². The summed E-state index contributed by atoms with van der Waals surface area (Å²) in [5.74, 6) is 2.92. The van der Waals surface area contributed by atoms with Gasteiger partial charge in [-0.15, -0.1) is 0 Å². The highest BCUT2D eigenvalue weighted by molar-refractivity contribution is 5.95. The van der Waals surface area contributed by atoms with E-state index in [2.05, 4.69) is 0 Å². The van der Waals surface area contributed by atoms with E-state index in [1.807, 2.05) is 16.7 Å². The second kappa shape index (κ2) is 7.67. The van der Waals surface area contributed by atoms with Crippen molar-refractivity contribution in [1.29, 1.82) is 0 Å². The quantitative estimate of drug-likeness (QED) is 0.778. The summed E-state index contributed by atoms with van der Waals surface area (Å²) in [6, 6.07) is 0. The third-order valence-electron chi connectivity index (χ3n) is 6.87. The molecule has 0 aromatic carbocycles. The van der Waals surface area contributed by atoms with Crippen molar-refractivity contribution in [2.75, 3.05) is 31.1 Å². The van der Waals surface area contributed by atoms with Crippen molar-refractivity contribution in [2.45, 2.75) is 70.3 Å². The Morgan fingerprint density at radius 1 is 1.10 bits per heavy atom. The standard InChI is InChI=1S/C22H30N4O3/c1-14-17-6-7-19(27)26(13-15-4-5-15)21(17)24-20(23-14)16-8-10-25(11-9-16)22(28)18-3-2-12-29-18/h15-16,18H,2-13H2,1H3/t18-/m0/s1. The number of piperidine rings is 1. The number of fused-ring (bicyclic) bond motifs is 1. The summed E-state index contributed by atoms with van der Waals surface area (Å²) in [5.41, 5.74) is 2.15. The Bertz CT molecular complexity index is 809. The van der Waals surface area contributed by atoms with E-state index in [9.17, 15) is 9.59 Å². The number of nitrogens with zero attached hydrogens (tertiary/aromatic N) is 4. The molecule has 1 aliphatic carbocycles. The highest BCUT2D eigenvalue weighted by Crippen LogP contribution is 2.36. The molecule has 3 fully saturated rings. The van der Waals surface area contributed by atoms with E-state index >= 15 is 0 Å². The summed E-state index contributed by atoms with van der Waals surface area (Å²) in [4.78, 5) is 38.8. The van der Waals surface area contributed by atoms with Crippen LogP contribution in [0.3, 0.4) is 0 Å². The Hall–Kier alpha value is -2.02. The molecule has 1 atom stereocenters. The molecule has 0 unspecified atom stereocenters. The SMILES string of the molecule is Cc1nc(C2CCN(C(=O)[C@@H]3CCCO3)CC2)nc2c1CCC(=O)N2CC1CC1. The largest absolute Gasteiger partial charge is 0.368 e. The number of anilines is 1. The Kier molecular flexibility index (Phi) is 5.02. The number of hydrogen-bond acceptors (Lipinski definition) is 5. The molecule has 0 bridgehead atoms. The molecule has 4 aliphatic rings. The maximum absolute atomic E-state index is 12.6. The Labute approximate surface area is 171 Å². The van der Waals surface area contributed by atoms with Gasteiger partial charge < -0.3 is 9.64 Å². The molecule has 1 aromatic heterocycles. The maximum Gasteiger partial charge on any atom is 0.251 e. The first kappa shape index (κ1) is 19.0. The van der Waals surface area contributed by atoms with Gasteiger partial charge in [0.1, 0.15) is 17.7 Å². The zero-order valence-electron chi connectivity index (χ0n) is 17.2. The lowest BCUT2D eigenvalue weighted by Gasteiger charge is -2.34. The van der Waals surface area contributed by atoms with Crippen LogP contribution in [0.5, 0.6) is 0 Å². The minimum absolute atomic E-state index is 0.143. The molecule has 29 heavy (non-hydrogen) atoms. The fourth-order valence-electron chi connectivity index (χ4n) is 4.87. The van der Waals surface area contributed by atoms with E-state index in [0.717, 1.165) is 74.6 Å². The van der Waals surface area contributed by atoms with Gasteiger partial charge in [0.2, 0.25) is 5.91 Å². The molecule has 1 aromatic rings. The fourth-order valence-corrected chi connectivity index (χ4v) is 4.87. The highest BCUT2D eigenvalue weighted by atomic mass is 16.5. The number of likely N-dealkylation sites (tertiary alicyclic amines) is 1. The van der Waals surface area contributed by atoms with Gasteiger partial charge in [0, 0.05) is 49.8 Å². The summed E-state index contributed by atoms with van der Waals surface area (Å²) in [5, 5.41) is 0. The molecule has 0 N–H and O–H groups in total. The van der Waals surface area contributed by atoms with E-state index < -0.39 is 0 Å². The summed E-state index contributed by atoms with van der Waals surface area (Å²) < 4.78 is 5.56. The molecular formula is C22H30N4O3. The third-order valence-corrected chi connectivity index (χ3v) is 6.87. The van der Waals surface area contributed by atoms with Crippen molar-refractivity contribution in [1.82, 2.24) is 14.9 Å². The smallest absolute Gasteiger partial charge is 0.251 e. The van der Waals surface area contributed by atoms with Crippen LogP contribution in [0.1, 0.15) is 67.9 Å². The van der Waals surface area contributed by atoms with Crippen molar-refractivity contribution in [3.8, 4) is 0 Å². The Morgan fingerprint density at radius 2 is 1.90 bits per heavy atom. The lowest BCUT2D eigenvalue weighted by molar-refractivity contribution is -0.142. The molecule has 0 spiro atoms. The van der Waals surface area contributed by atoms with Gasteiger partial charge in [-0.25, -0.2) is 9.97 Å². The number of carbonyl (C=O) groups is 2. The molecule has 2 amide bonds. The van der Waals surface area contributed by atoms with Gasteiger partial charge in [0.25, 0.3) is 5.91 Å². The van der Waals surface area contributed by atoms with Crippen LogP contribution in [0.2, 0.25) is 0 Å². The Morgan fingerprint density at radius 3 is 2.59 bits per heavy atom. The molecule has 7 heteroatoms. The summed E-state index contributed by atoms with van der Waals surface area (Å²) in [6.45, 7) is 5.01. The normalized spacial score (nSPS) is 25.4. The average Bonchev–Trinajstić information content (AvgIpc) is 3.39. The van der Waals surface area contributed by atoms with Gasteiger partial charge >= 0.3 is 0 Å². The molecule has 7 nitrogen and oxygen atoms in total. The first-order valence-electron chi connectivity index (χ1n) is 11.2. The van der Waals surface area contributed by atoms with Crippen molar-refractivity contribution in [3.63, 3.8) is 0 Å². The summed E-state index contributed by atoms with van der Waals surface area (Å²) >= 11 is 0. The van der Waals surface area contributed by atoms with E-state index in [-0.39, 0.29) is 23.8 Å². The van der Waals surface area contributed by atoms with Gasteiger partial charge in [-0.3, -0.25) is 14.5 Å². The lowest BCUT2D eigenvalue weighted by atomic mass is 9.94. The average molecular weight is 399 g/mol. The topological polar surface area (TPSA) is 75.6 Å². The number of aromatic nitrogens is 2. The molecule has 2 saturated heterocycles. The van der Waals surface area contributed by atoms with Crippen LogP contribution in [-0.4, -0.2) is 59.0 Å². The van der Waals surface area contributed by atoms with Gasteiger partial charge in [-0.05, 0) is 57.8 Å². The summed E-state index contributed by atoms with van der Waals surface area (Å²) in [7, 11) is 0. The Balaban J connectivity index is 1.31. The fraction of sp³-hybridized carbons (Fsp3) is 0.727. The first-order chi connectivity index (χ1) is 14.1. The van der Waals surface area contributed by atoms with Crippen molar-refractivity contribution in [2.24, 2.45) is 5.92 Å². The third kappa shape index (κ3) is 3.77. The van der Waals surface area contributed by atoms with Crippen molar-refractivity contribution < 1.29 is 14.3 Å². The molecular weight excluding hydrogens is 368 g/mol. The van der Waals surface area contributed by atoms with Crippen molar-refractivity contribution >= 4 is 17.6 Å². The van der Waals surface area contributed by atoms with Crippen LogP contribution >= 0.6 is 0 Å². The minimum atomic E-state index is -0.240. The minimum Gasteiger partial charge on any atom is -0.368 e. The molecule has 0 radical (unpaired) electrons. The van der Waals surface area contributed by atoms with Crippen LogP contribution in [0.15, 0.2) is 0 Å². The number of amides is 2. The van der Waals surface area contributed by atoms with Gasteiger partial charge in [0.05, 0.1) is 0 Å². The van der Waals surface area contributed by atoms with Gasteiger partial charge in [0.15, 0.2) is 0 Å². The molecule has 4 heterocycles. The molecule has 156 valence electrons. The second-order valence-corrected chi connectivity index (χ2v) is 9.02. The monoisotopic (exact) mass is 398 g/mol. The zero-order chi connectivity index (χ0) is 20.0. The molecule has 3 aliphatic heterocycles. The highest BCUT2D eigenvalue weighted by Gasteiger charge is 2.35. The zero-order valence-corrected chi connectivity index (χ0v) is 17.2. The predicted octanol–water partition coefficient (Wildman–Crippen LogP) is 2.36. The molecule has 5 rings (SSSR count). The number of aryl methyl sites for hydroxylation is 1. The predicted molar refractivity (Wildman–Crippen MR) is 108 cm³/mol. The van der Waals surface area contributed by atoms with Crippen LogP contribution < -0.4 is 4.90 Å². The van der Waals surface area contributed by atoms with Crippen LogP contribution in [0.25, 0.3) is 0 Å². The maximum atomic E-state index is 12.6. The van der Waals surface area contributed by atoms with Crippen LogP contribution in [0, 0.1) is 12.8 Å². The van der Waals surface area contributed by atoms with Gasteiger partial charge in [-0.1, -0.05) is 0 Å². The van der Waals surface area contributed by atoms with E-state index in [1.54, 1.807) is 0 Å². The van der Waals surface area contributed by atoms with E-state index in [1.165, 1.54) is 12.8 Å². The first-order valence-corrected chi connectivity index (χ1v) is 11.2. The van der Waals surface area contributed by atoms with Gasteiger partial charge in [-0.2, -0.15) is 0 Å². The van der Waals surface area contributed by atoms with E-state index in [4.69, 9.17) is 14.7 Å². The van der Waals surface area contributed by atoms with E-state index in [0.29, 0.717) is 18.9 Å². The number of ether oxygens (including phenoxy) is 1. The lowest BCUT2D eigenvalue weighted by Crippen LogP contribution is -2.43. The number of hydrogen-bond donors (Lipinski definition) is 0. The van der Waals surface area contributed by atoms with Crippen molar-refractivity contribution in [3.05, 3.63) is 17.1 Å². The second-order valence-electron chi connectivity index (χ2n) is 9.02. The van der Waals surface area contributed by atoms with Crippen LogP contribution in [0.4, 0.5) is 5.82 Å². The molecule has 1 saturated carbocycles.